The lowest BCUT2D eigenvalue weighted by Gasteiger charge is -2.32. The topological polar surface area (TPSA) is 46.5 Å². The predicted molar refractivity (Wildman–Crippen MR) is 81.0 cm³/mol. The van der Waals surface area contributed by atoms with E-state index in [1.54, 1.807) is 39.8 Å². The Labute approximate surface area is 129 Å². The molecule has 1 aromatic carbocycles. The number of ether oxygens (including phenoxy) is 1. The van der Waals surface area contributed by atoms with Gasteiger partial charge in [0.05, 0.1) is 5.92 Å². The first-order valence-corrected chi connectivity index (χ1v) is 7.11. The number of hydrogen-bond acceptors (Lipinski definition) is 3. The minimum atomic E-state index is -1.44. The van der Waals surface area contributed by atoms with Crippen LogP contribution in [0, 0.1) is 5.92 Å². The van der Waals surface area contributed by atoms with Gasteiger partial charge in [-0.05, 0) is 46.8 Å². The number of carbonyl (C=O) groups excluding carboxylic acids is 1. The zero-order chi connectivity index (χ0) is 15.7. The van der Waals surface area contributed by atoms with Gasteiger partial charge in [-0.3, -0.25) is 4.79 Å². The van der Waals surface area contributed by atoms with E-state index in [-0.39, 0.29) is 0 Å². The van der Waals surface area contributed by atoms with Crippen molar-refractivity contribution in [3.05, 3.63) is 33.8 Å². The summed E-state index contributed by atoms with van der Waals surface area (Å²) in [5.41, 5.74) is -1.60. The Hall–Kier alpha value is -0.770. The lowest BCUT2D eigenvalue weighted by Crippen LogP contribution is -2.39. The van der Waals surface area contributed by atoms with E-state index in [9.17, 15) is 9.90 Å². The maximum atomic E-state index is 12.1. The van der Waals surface area contributed by atoms with Crippen LogP contribution in [0.2, 0.25) is 10.0 Å². The number of rotatable bonds is 3. The summed E-state index contributed by atoms with van der Waals surface area (Å²) >= 11 is 11.9. The van der Waals surface area contributed by atoms with Crippen molar-refractivity contribution in [2.24, 2.45) is 5.92 Å². The van der Waals surface area contributed by atoms with Gasteiger partial charge in [-0.15, -0.1) is 0 Å². The number of halogens is 2. The molecule has 5 heteroatoms. The van der Waals surface area contributed by atoms with E-state index in [1.807, 2.05) is 0 Å². The van der Waals surface area contributed by atoms with Gasteiger partial charge in [0.25, 0.3) is 0 Å². The fraction of sp³-hybridized carbons (Fsp3) is 0.533. The fourth-order valence-corrected chi connectivity index (χ4v) is 2.35. The Kier molecular flexibility index (Phi) is 5.12. The van der Waals surface area contributed by atoms with Gasteiger partial charge in [-0.2, -0.15) is 0 Å². The Morgan fingerprint density at radius 2 is 1.80 bits per heavy atom. The third-order valence-electron chi connectivity index (χ3n) is 3.08. The highest BCUT2D eigenvalue weighted by Gasteiger charge is 2.39. The van der Waals surface area contributed by atoms with Crippen LogP contribution in [0.3, 0.4) is 0 Å². The molecule has 0 bridgehead atoms. The minimum Gasteiger partial charge on any atom is -0.460 e. The van der Waals surface area contributed by atoms with Crippen molar-refractivity contribution >= 4 is 29.2 Å². The van der Waals surface area contributed by atoms with Gasteiger partial charge >= 0.3 is 5.97 Å². The Morgan fingerprint density at radius 1 is 1.25 bits per heavy atom. The van der Waals surface area contributed by atoms with Crippen molar-refractivity contribution in [1.29, 1.82) is 0 Å². The zero-order valence-electron chi connectivity index (χ0n) is 12.3. The summed E-state index contributed by atoms with van der Waals surface area (Å²) in [6, 6.07) is 4.78. The first-order valence-electron chi connectivity index (χ1n) is 6.36. The normalized spacial score (nSPS) is 16.4. The molecule has 2 unspecified atom stereocenters. The predicted octanol–water partition coefficient (Wildman–Crippen LogP) is 4.18. The number of hydrogen-bond donors (Lipinski definition) is 1. The molecule has 0 aromatic heterocycles. The summed E-state index contributed by atoms with van der Waals surface area (Å²) in [4.78, 5) is 12.1. The molecule has 0 saturated carbocycles. The average Bonchev–Trinajstić information content (AvgIpc) is 2.24. The van der Waals surface area contributed by atoms with Crippen molar-refractivity contribution in [3.8, 4) is 0 Å². The number of benzene rings is 1. The van der Waals surface area contributed by atoms with E-state index in [4.69, 9.17) is 27.9 Å². The van der Waals surface area contributed by atoms with E-state index in [0.717, 1.165) is 0 Å². The first-order chi connectivity index (χ1) is 8.95. The van der Waals surface area contributed by atoms with E-state index in [2.05, 4.69) is 0 Å². The maximum Gasteiger partial charge on any atom is 0.312 e. The smallest absolute Gasteiger partial charge is 0.312 e. The molecule has 0 saturated heterocycles. The van der Waals surface area contributed by atoms with Crippen LogP contribution in [0.4, 0.5) is 0 Å². The lowest BCUT2D eigenvalue weighted by molar-refractivity contribution is -0.168. The number of aliphatic hydroxyl groups is 1. The molecule has 1 aromatic rings. The molecule has 0 fully saturated rings. The van der Waals surface area contributed by atoms with Gasteiger partial charge in [0, 0.05) is 15.6 Å². The minimum absolute atomic E-state index is 0.318. The van der Waals surface area contributed by atoms with Crippen LogP contribution in [0.25, 0.3) is 0 Å². The number of carbonyl (C=O) groups is 1. The lowest BCUT2D eigenvalue weighted by atomic mass is 9.84. The molecule has 0 aliphatic carbocycles. The van der Waals surface area contributed by atoms with Gasteiger partial charge < -0.3 is 9.84 Å². The van der Waals surface area contributed by atoms with Gasteiger partial charge in [-0.1, -0.05) is 29.3 Å². The molecule has 1 N–H and O–H groups in total. The van der Waals surface area contributed by atoms with E-state index >= 15 is 0 Å². The van der Waals surface area contributed by atoms with Crippen molar-refractivity contribution < 1.29 is 14.6 Å². The van der Waals surface area contributed by atoms with Crippen molar-refractivity contribution in [1.82, 2.24) is 0 Å². The highest BCUT2D eigenvalue weighted by Crippen LogP contribution is 2.36. The fourth-order valence-electron chi connectivity index (χ4n) is 1.75. The highest BCUT2D eigenvalue weighted by atomic mass is 35.5. The van der Waals surface area contributed by atoms with E-state index in [0.29, 0.717) is 15.6 Å². The van der Waals surface area contributed by atoms with Crippen LogP contribution < -0.4 is 0 Å². The summed E-state index contributed by atoms with van der Waals surface area (Å²) < 4.78 is 5.30. The second-order valence-corrected chi connectivity index (χ2v) is 6.87. The molecule has 112 valence electrons. The third kappa shape index (κ3) is 4.11. The van der Waals surface area contributed by atoms with Crippen LogP contribution in [0.15, 0.2) is 18.2 Å². The molecule has 3 nitrogen and oxygen atoms in total. The van der Waals surface area contributed by atoms with Crippen LogP contribution >= 0.6 is 23.2 Å². The second-order valence-electron chi connectivity index (χ2n) is 6.03. The summed E-state index contributed by atoms with van der Waals surface area (Å²) in [5, 5.41) is 11.5. The van der Waals surface area contributed by atoms with Crippen LogP contribution in [0.5, 0.6) is 0 Å². The summed E-state index contributed by atoms with van der Waals surface area (Å²) in [6.07, 6.45) is 0. The average molecular weight is 319 g/mol. The van der Waals surface area contributed by atoms with Crippen molar-refractivity contribution in [2.75, 3.05) is 0 Å². The van der Waals surface area contributed by atoms with E-state index < -0.39 is 23.1 Å². The molecular formula is C15H20Cl2O3. The molecule has 2 atom stereocenters. The standard InChI is InChI=1S/C15H20Cl2O3/c1-9(13(18)20-14(2,3)4)15(5,19)11-7-6-10(16)8-12(11)17/h6-9,19H,1-5H3. The Bertz CT molecular complexity index is 504. The highest BCUT2D eigenvalue weighted by molar-refractivity contribution is 6.35. The molecular weight excluding hydrogens is 299 g/mol. The van der Waals surface area contributed by atoms with Crippen molar-refractivity contribution in [2.45, 2.75) is 45.8 Å². The molecule has 0 radical (unpaired) electrons. The van der Waals surface area contributed by atoms with Gasteiger partial charge in [0.1, 0.15) is 11.2 Å². The van der Waals surface area contributed by atoms with Crippen LogP contribution in [-0.4, -0.2) is 16.7 Å². The SMILES string of the molecule is CC(C(=O)OC(C)(C)C)C(C)(O)c1ccc(Cl)cc1Cl. The summed E-state index contributed by atoms with van der Waals surface area (Å²) in [5.74, 6) is -1.24. The maximum absolute atomic E-state index is 12.1. The first kappa shape index (κ1) is 17.3. The zero-order valence-corrected chi connectivity index (χ0v) is 13.8. The summed E-state index contributed by atoms with van der Waals surface area (Å²) in [7, 11) is 0. The molecule has 0 aliphatic rings. The third-order valence-corrected chi connectivity index (χ3v) is 3.63. The summed E-state index contributed by atoms with van der Waals surface area (Å²) in [6.45, 7) is 8.49. The molecule has 0 heterocycles. The van der Waals surface area contributed by atoms with Crippen LogP contribution in [-0.2, 0) is 15.1 Å². The van der Waals surface area contributed by atoms with Crippen molar-refractivity contribution in [3.63, 3.8) is 0 Å². The Balaban J connectivity index is 3.06. The Morgan fingerprint density at radius 3 is 2.25 bits per heavy atom. The van der Waals surface area contributed by atoms with Crippen LogP contribution in [0.1, 0.15) is 40.2 Å². The molecule has 0 aliphatic heterocycles. The van der Waals surface area contributed by atoms with Gasteiger partial charge in [-0.25, -0.2) is 0 Å². The largest absolute Gasteiger partial charge is 0.460 e. The monoisotopic (exact) mass is 318 g/mol. The van der Waals surface area contributed by atoms with Gasteiger partial charge in [0.15, 0.2) is 0 Å². The van der Waals surface area contributed by atoms with Gasteiger partial charge in [0.2, 0.25) is 0 Å². The quantitative estimate of drug-likeness (QED) is 0.850. The number of esters is 1. The van der Waals surface area contributed by atoms with E-state index in [1.165, 1.54) is 13.0 Å². The second kappa shape index (κ2) is 5.92. The molecule has 20 heavy (non-hydrogen) atoms. The molecule has 1 rings (SSSR count). The molecule has 0 amide bonds. The molecule has 0 spiro atoms.